The van der Waals surface area contributed by atoms with Crippen molar-refractivity contribution in [2.75, 3.05) is 13.2 Å². The molecule has 0 aliphatic carbocycles. The molecule has 0 spiro atoms. The summed E-state index contributed by atoms with van der Waals surface area (Å²) in [6.07, 6.45) is 0. The fraction of sp³-hybridized carbons (Fsp3) is 0.231. The lowest BCUT2D eigenvalue weighted by molar-refractivity contribution is 0.273. The van der Waals surface area contributed by atoms with E-state index >= 15 is 0 Å². The van der Waals surface area contributed by atoms with Gasteiger partial charge in [0.05, 0.1) is 13.2 Å². The van der Waals surface area contributed by atoms with E-state index in [1.54, 1.807) is 19.9 Å². The third-order valence-electron chi connectivity index (χ3n) is 4.89. The highest BCUT2D eigenvalue weighted by Crippen LogP contribution is 2.24. The molecule has 3 aromatic rings. The first kappa shape index (κ1) is 31.6. The Morgan fingerprint density at radius 1 is 0.676 bits per heavy atom. The monoisotopic (exact) mass is 558 g/mol. The summed E-state index contributed by atoms with van der Waals surface area (Å²) in [6, 6.07) is 12.5. The van der Waals surface area contributed by atoms with Gasteiger partial charge in [0, 0.05) is 22.3 Å². The summed E-state index contributed by atoms with van der Waals surface area (Å²) in [7, 11) is 0. The minimum absolute atomic E-state index is 0. The van der Waals surface area contributed by atoms with Gasteiger partial charge < -0.3 is 18.9 Å². The molecule has 0 saturated carbocycles. The molecule has 0 atom stereocenters. The molecule has 11 heteroatoms. The number of benzene rings is 3. The summed E-state index contributed by atoms with van der Waals surface area (Å²) in [5.74, 6) is -2.53. The van der Waals surface area contributed by atoms with Crippen LogP contribution in [0, 0.1) is 28.3 Å². The van der Waals surface area contributed by atoms with E-state index in [0.717, 1.165) is 12.1 Å². The van der Waals surface area contributed by atoms with E-state index in [-0.39, 0.29) is 96.8 Å². The van der Waals surface area contributed by atoms with E-state index in [9.17, 15) is 13.2 Å². The average molecular weight is 559 g/mol. The van der Waals surface area contributed by atoms with Crippen LogP contribution < -0.4 is 9.47 Å². The Morgan fingerprint density at radius 3 is 1.43 bits per heavy atom. The summed E-state index contributed by atoms with van der Waals surface area (Å²) in [4.78, 5) is 0. The van der Waals surface area contributed by atoms with Gasteiger partial charge in [0.15, 0.2) is 23.1 Å². The molecular formula is C26H27Cl2F3N2O4. The highest BCUT2D eigenvalue weighted by Gasteiger charge is 2.14. The predicted molar refractivity (Wildman–Crippen MR) is 139 cm³/mol. The molecule has 0 saturated heterocycles. The second-order valence-electron chi connectivity index (χ2n) is 7.28. The molecule has 0 amide bonds. The van der Waals surface area contributed by atoms with Crippen molar-refractivity contribution < 1.29 is 32.1 Å². The third kappa shape index (κ3) is 8.30. The van der Waals surface area contributed by atoms with Crippen LogP contribution in [0.4, 0.5) is 13.2 Å². The van der Waals surface area contributed by atoms with Gasteiger partial charge in [-0.05, 0) is 50.2 Å². The zero-order valence-corrected chi connectivity index (χ0v) is 21.7. The van der Waals surface area contributed by atoms with E-state index in [1.165, 1.54) is 36.4 Å². The van der Waals surface area contributed by atoms with Crippen LogP contribution in [0.2, 0.25) is 0 Å². The maximum atomic E-state index is 15.0. The molecule has 2 N–H and O–H groups in total. The highest BCUT2D eigenvalue weighted by atomic mass is 35.5. The molecule has 0 heterocycles. The van der Waals surface area contributed by atoms with Crippen molar-refractivity contribution in [3.8, 4) is 11.5 Å². The largest absolute Gasteiger partial charge is 0.486 e. The summed E-state index contributed by atoms with van der Waals surface area (Å²) < 4.78 is 64.6. The third-order valence-corrected chi connectivity index (χ3v) is 4.89. The quantitative estimate of drug-likeness (QED) is 0.211. The summed E-state index contributed by atoms with van der Waals surface area (Å²) in [6.45, 7) is 3.52. The molecular weight excluding hydrogens is 532 g/mol. The van der Waals surface area contributed by atoms with Crippen molar-refractivity contribution in [1.29, 1.82) is 10.8 Å². The molecule has 3 aromatic carbocycles. The van der Waals surface area contributed by atoms with Crippen molar-refractivity contribution >= 4 is 36.6 Å². The highest BCUT2D eigenvalue weighted by molar-refractivity contribution is 5.92. The van der Waals surface area contributed by atoms with Gasteiger partial charge in [-0.1, -0.05) is 18.2 Å². The Kier molecular flexibility index (Phi) is 12.8. The molecule has 0 bridgehead atoms. The molecule has 0 aliphatic heterocycles. The minimum atomic E-state index is -0.705. The maximum Gasteiger partial charge on any atom is 0.213 e. The standard InChI is InChI=1S/C26H25F3N2O4.2ClH/c1-3-32-25(30)16-8-10-22(20(27)12-16)34-14-18-6-5-7-19(24(18)29)15-35-23-11-9-17(13-21(23)28)26(31)33-4-2;;/h5-13,30-31H,3-4,14-15H2,1-2H3;2*1H. The zero-order valence-electron chi connectivity index (χ0n) is 20.1. The molecule has 6 nitrogen and oxygen atoms in total. The number of rotatable bonds is 10. The smallest absolute Gasteiger partial charge is 0.213 e. The van der Waals surface area contributed by atoms with Gasteiger partial charge in [-0.2, -0.15) is 0 Å². The van der Waals surface area contributed by atoms with Gasteiger partial charge >= 0.3 is 0 Å². The Hall–Kier alpha value is -3.43. The van der Waals surface area contributed by atoms with Crippen molar-refractivity contribution in [3.63, 3.8) is 0 Å². The van der Waals surface area contributed by atoms with Crippen LogP contribution in [-0.2, 0) is 22.7 Å². The number of halogens is 5. The zero-order chi connectivity index (χ0) is 25.4. The maximum absolute atomic E-state index is 15.0. The van der Waals surface area contributed by atoms with Gasteiger partial charge in [-0.15, -0.1) is 24.8 Å². The Labute approximate surface area is 225 Å². The number of hydrogen-bond donors (Lipinski definition) is 2. The van der Waals surface area contributed by atoms with Gasteiger partial charge in [0.1, 0.15) is 19.0 Å². The lowest BCUT2D eigenvalue weighted by Crippen LogP contribution is -2.08. The first-order valence-corrected chi connectivity index (χ1v) is 10.9. The minimum Gasteiger partial charge on any atom is -0.486 e. The molecule has 0 unspecified atom stereocenters. The predicted octanol–water partition coefficient (Wildman–Crippen LogP) is 6.83. The second-order valence-corrected chi connectivity index (χ2v) is 7.28. The molecule has 0 radical (unpaired) electrons. The summed E-state index contributed by atoms with van der Waals surface area (Å²) in [5.41, 5.74) is 0.851. The molecule has 3 rings (SSSR count). The van der Waals surface area contributed by atoms with Crippen LogP contribution in [0.3, 0.4) is 0 Å². The lowest BCUT2D eigenvalue weighted by atomic mass is 10.1. The first-order chi connectivity index (χ1) is 16.8. The van der Waals surface area contributed by atoms with Crippen LogP contribution in [0.25, 0.3) is 0 Å². The van der Waals surface area contributed by atoms with E-state index < -0.39 is 17.5 Å². The van der Waals surface area contributed by atoms with Crippen molar-refractivity contribution in [2.45, 2.75) is 27.1 Å². The van der Waals surface area contributed by atoms with E-state index in [1.807, 2.05) is 0 Å². The topological polar surface area (TPSA) is 84.6 Å². The fourth-order valence-corrected chi connectivity index (χ4v) is 3.14. The van der Waals surface area contributed by atoms with Gasteiger partial charge in [0.2, 0.25) is 11.8 Å². The average Bonchev–Trinajstić information content (AvgIpc) is 2.84. The number of hydrogen-bond acceptors (Lipinski definition) is 6. The second kappa shape index (κ2) is 15.0. The van der Waals surface area contributed by atoms with Crippen molar-refractivity contribution in [1.82, 2.24) is 0 Å². The normalized spacial score (nSPS) is 9.97. The summed E-state index contributed by atoms with van der Waals surface area (Å²) in [5, 5.41) is 15.4. The number of nitrogens with one attached hydrogen (secondary N) is 2. The molecule has 200 valence electrons. The van der Waals surface area contributed by atoms with E-state index in [4.69, 9.17) is 29.8 Å². The molecule has 0 aromatic heterocycles. The van der Waals surface area contributed by atoms with E-state index in [2.05, 4.69) is 0 Å². The van der Waals surface area contributed by atoms with Crippen LogP contribution >= 0.6 is 24.8 Å². The molecule has 0 fully saturated rings. The lowest BCUT2D eigenvalue weighted by Gasteiger charge is -2.13. The van der Waals surface area contributed by atoms with Gasteiger partial charge in [-0.25, -0.2) is 13.2 Å². The van der Waals surface area contributed by atoms with Crippen LogP contribution in [0.15, 0.2) is 54.6 Å². The van der Waals surface area contributed by atoms with E-state index in [0.29, 0.717) is 0 Å². The Bertz CT molecular complexity index is 1140. The summed E-state index contributed by atoms with van der Waals surface area (Å²) >= 11 is 0. The number of ether oxygens (including phenoxy) is 4. The first-order valence-electron chi connectivity index (χ1n) is 10.9. The Morgan fingerprint density at radius 2 is 1.08 bits per heavy atom. The van der Waals surface area contributed by atoms with Gasteiger partial charge in [-0.3, -0.25) is 10.8 Å². The van der Waals surface area contributed by atoms with Crippen LogP contribution in [0.1, 0.15) is 36.1 Å². The molecule has 0 aliphatic rings. The van der Waals surface area contributed by atoms with Crippen LogP contribution in [0.5, 0.6) is 11.5 Å². The van der Waals surface area contributed by atoms with Crippen LogP contribution in [-0.4, -0.2) is 25.0 Å². The van der Waals surface area contributed by atoms with Crippen molar-refractivity contribution in [2.24, 2.45) is 0 Å². The van der Waals surface area contributed by atoms with Gasteiger partial charge in [0.25, 0.3) is 0 Å². The SMILES string of the molecule is CCOC(=N)c1ccc(OCc2cccc(COc3ccc(C(=N)OCC)cc3F)c2F)c(F)c1.Cl.Cl. The molecule has 37 heavy (non-hydrogen) atoms. The van der Waals surface area contributed by atoms with Crippen molar-refractivity contribution in [3.05, 3.63) is 94.3 Å². The Balaban J connectivity index is 0.00000342. The fourth-order valence-electron chi connectivity index (χ4n) is 3.14.